The summed E-state index contributed by atoms with van der Waals surface area (Å²) in [6.45, 7) is 1.82. The van der Waals surface area contributed by atoms with Gasteiger partial charge in [-0.2, -0.15) is 5.26 Å². The van der Waals surface area contributed by atoms with E-state index in [2.05, 4.69) is 15.9 Å². The van der Waals surface area contributed by atoms with E-state index in [9.17, 15) is 14.4 Å². The summed E-state index contributed by atoms with van der Waals surface area (Å²) in [5, 5.41) is 9.26. The van der Waals surface area contributed by atoms with Crippen molar-refractivity contribution in [3.63, 3.8) is 0 Å². The number of aryl methyl sites for hydroxylation is 1. The Morgan fingerprint density at radius 3 is 2.50 bits per heavy atom. The van der Waals surface area contributed by atoms with Crippen molar-refractivity contribution in [1.29, 1.82) is 5.26 Å². The predicted octanol–water partition coefficient (Wildman–Crippen LogP) is 4.39. The van der Waals surface area contributed by atoms with Crippen LogP contribution in [0.4, 0.5) is 4.39 Å². The minimum absolute atomic E-state index is 0.280. The molecule has 0 spiro atoms. The molecule has 1 atom stereocenters. The molecule has 0 aliphatic carbocycles. The van der Waals surface area contributed by atoms with Gasteiger partial charge < -0.3 is 0 Å². The van der Waals surface area contributed by atoms with Gasteiger partial charge in [0, 0.05) is 10.0 Å². The van der Waals surface area contributed by atoms with Gasteiger partial charge in [-0.05, 0) is 42.3 Å². The third kappa shape index (κ3) is 2.94. The Hall–Kier alpha value is -1.99. The van der Waals surface area contributed by atoms with E-state index < -0.39 is 11.7 Å². The number of halogens is 2. The van der Waals surface area contributed by atoms with E-state index in [0.717, 1.165) is 10.0 Å². The fourth-order valence-corrected chi connectivity index (χ4v) is 2.32. The number of nitrogens with zero attached hydrogens (tertiary/aromatic N) is 1. The number of benzene rings is 2. The molecule has 0 N–H and O–H groups in total. The van der Waals surface area contributed by atoms with Crippen molar-refractivity contribution in [3.05, 3.63) is 69.4 Å². The highest BCUT2D eigenvalue weighted by molar-refractivity contribution is 9.10. The van der Waals surface area contributed by atoms with Gasteiger partial charge in [-0.1, -0.05) is 34.1 Å². The van der Waals surface area contributed by atoms with E-state index in [-0.39, 0.29) is 5.78 Å². The van der Waals surface area contributed by atoms with Gasteiger partial charge in [-0.3, -0.25) is 4.79 Å². The van der Waals surface area contributed by atoms with Crippen molar-refractivity contribution in [3.8, 4) is 6.07 Å². The molecule has 0 heterocycles. The molecule has 2 rings (SSSR count). The Labute approximate surface area is 125 Å². The van der Waals surface area contributed by atoms with Crippen LogP contribution in [0.2, 0.25) is 0 Å². The number of carbonyl (C=O) groups excluding carboxylic acids is 1. The number of carbonyl (C=O) groups is 1. The molecule has 2 nitrogen and oxygen atoms in total. The third-order valence-corrected chi connectivity index (χ3v) is 3.55. The molecule has 2 aromatic carbocycles. The zero-order valence-electron chi connectivity index (χ0n) is 10.7. The first kappa shape index (κ1) is 14.4. The van der Waals surface area contributed by atoms with Gasteiger partial charge in [0.05, 0.1) is 6.07 Å². The highest BCUT2D eigenvalue weighted by Crippen LogP contribution is 2.24. The summed E-state index contributed by atoms with van der Waals surface area (Å²) in [6.07, 6.45) is 0. The number of rotatable bonds is 3. The maximum Gasteiger partial charge on any atom is 0.184 e. The van der Waals surface area contributed by atoms with Gasteiger partial charge in [-0.15, -0.1) is 0 Å². The molecule has 0 aromatic heterocycles. The Morgan fingerprint density at radius 2 is 1.90 bits per heavy atom. The zero-order valence-corrected chi connectivity index (χ0v) is 12.3. The molecular weight excluding hydrogens is 321 g/mol. The monoisotopic (exact) mass is 331 g/mol. The Morgan fingerprint density at radius 1 is 1.25 bits per heavy atom. The van der Waals surface area contributed by atoms with Gasteiger partial charge in [0.2, 0.25) is 0 Å². The molecule has 2 aromatic rings. The predicted molar refractivity (Wildman–Crippen MR) is 78.0 cm³/mol. The number of nitriles is 1. The summed E-state index contributed by atoms with van der Waals surface area (Å²) in [5.41, 5.74) is 1.80. The maximum atomic E-state index is 12.9. The summed E-state index contributed by atoms with van der Waals surface area (Å²) < 4.78 is 13.7. The molecule has 100 valence electrons. The van der Waals surface area contributed by atoms with Crippen LogP contribution in [0.3, 0.4) is 0 Å². The largest absolute Gasteiger partial charge is 0.292 e. The fraction of sp³-hybridized carbons (Fsp3) is 0.125. The molecule has 0 saturated heterocycles. The van der Waals surface area contributed by atoms with Crippen LogP contribution in [0, 0.1) is 24.1 Å². The van der Waals surface area contributed by atoms with E-state index >= 15 is 0 Å². The first-order valence-electron chi connectivity index (χ1n) is 5.98. The van der Waals surface area contributed by atoms with Crippen LogP contribution in [0.5, 0.6) is 0 Å². The van der Waals surface area contributed by atoms with E-state index in [0.29, 0.717) is 11.1 Å². The average Bonchev–Trinajstić information content (AvgIpc) is 2.44. The maximum absolute atomic E-state index is 12.9. The second-order valence-corrected chi connectivity index (χ2v) is 5.35. The standard InChI is InChI=1S/C16H11BrFNO/c1-10-2-5-12(17)8-14(10)16(20)15(9-19)11-3-6-13(18)7-4-11/h2-8,15H,1H3. The molecule has 0 radical (unpaired) electrons. The fourth-order valence-electron chi connectivity index (χ4n) is 1.95. The smallest absolute Gasteiger partial charge is 0.184 e. The van der Waals surface area contributed by atoms with Gasteiger partial charge in [0.15, 0.2) is 5.78 Å². The van der Waals surface area contributed by atoms with E-state index in [4.69, 9.17) is 0 Å². The molecule has 0 bridgehead atoms. The molecule has 0 fully saturated rings. The second-order valence-electron chi connectivity index (χ2n) is 4.44. The number of ketones is 1. The molecule has 4 heteroatoms. The van der Waals surface area contributed by atoms with Crippen molar-refractivity contribution in [2.24, 2.45) is 0 Å². The Balaban J connectivity index is 2.42. The lowest BCUT2D eigenvalue weighted by molar-refractivity contribution is 0.0978. The number of Topliss-reactive ketones (excluding diaryl/α,β-unsaturated/α-hetero) is 1. The van der Waals surface area contributed by atoms with Crippen LogP contribution < -0.4 is 0 Å². The first-order valence-corrected chi connectivity index (χ1v) is 6.77. The first-order chi connectivity index (χ1) is 9.52. The van der Waals surface area contributed by atoms with Gasteiger partial charge in [0.1, 0.15) is 11.7 Å². The molecule has 20 heavy (non-hydrogen) atoms. The highest BCUT2D eigenvalue weighted by atomic mass is 79.9. The molecule has 1 unspecified atom stereocenters. The number of hydrogen-bond donors (Lipinski definition) is 0. The molecule has 0 saturated carbocycles. The van der Waals surface area contributed by atoms with Gasteiger partial charge in [-0.25, -0.2) is 4.39 Å². The number of hydrogen-bond acceptors (Lipinski definition) is 2. The summed E-state index contributed by atoms with van der Waals surface area (Å²) >= 11 is 3.32. The molecule has 0 aliphatic heterocycles. The minimum Gasteiger partial charge on any atom is -0.292 e. The van der Waals surface area contributed by atoms with Gasteiger partial charge >= 0.3 is 0 Å². The SMILES string of the molecule is Cc1ccc(Br)cc1C(=O)C(C#N)c1ccc(F)cc1. The van der Waals surface area contributed by atoms with Crippen LogP contribution in [0.15, 0.2) is 46.9 Å². The van der Waals surface area contributed by atoms with E-state index in [1.165, 1.54) is 24.3 Å². The molecule has 0 amide bonds. The normalized spacial score (nSPS) is 11.7. The zero-order chi connectivity index (χ0) is 14.7. The minimum atomic E-state index is -0.927. The lowest BCUT2D eigenvalue weighted by Gasteiger charge is -2.11. The summed E-state index contributed by atoms with van der Waals surface area (Å²) in [6, 6.07) is 12.8. The molecular formula is C16H11BrFNO. The van der Waals surface area contributed by atoms with Crippen LogP contribution in [-0.2, 0) is 0 Å². The van der Waals surface area contributed by atoms with Crippen LogP contribution in [-0.4, -0.2) is 5.78 Å². The van der Waals surface area contributed by atoms with Crippen LogP contribution in [0.25, 0.3) is 0 Å². The lowest BCUT2D eigenvalue weighted by Crippen LogP contribution is -2.12. The second kappa shape index (κ2) is 5.98. The van der Waals surface area contributed by atoms with Crippen molar-refractivity contribution >= 4 is 21.7 Å². The van der Waals surface area contributed by atoms with Gasteiger partial charge in [0.25, 0.3) is 0 Å². The lowest BCUT2D eigenvalue weighted by atomic mass is 9.90. The quantitative estimate of drug-likeness (QED) is 0.783. The summed E-state index contributed by atoms with van der Waals surface area (Å²) in [5.74, 6) is -1.60. The summed E-state index contributed by atoms with van der Waals surface area (Å²) in [4.78, 5) is 12.5. The van der Waals surface area contributed by atoms with Crippen molar-refractivity contribution in [2.75, 3.05) is 0 Å². The Kier molecular flexibility index (Phi) is 4.31. The van der Waals surface area contributed by atoms with Crippen molar-refractivity contribution in [1.82, 2.24) is 0 Å². The topological polar surface area (TPSA) is 40.9 Å². The van der Waals surface area contributed by atoms with Crippen molar-refractivity contribution in [2.45, 2.75) is 12.8 Å². The summed E-state index contributed by atoms with van der Waals surface area (Å²) in [7, 11) is 0. The Bertz CT molecular complexity index is 689. The average molecular weight is 332 g/mol. The van der Waals surface area contributed by atoms with Crippen molar-refractivity contribution < 1.29 is 9.18 Å². The van der Waals surface area contributed by atoms with E-state index in [1.54, 1.807) is 6.07 Å². The van der Waals surface area contributed by atoms with Crippen LogP contribution >= 0.6 is 15.9 Å². The molecule has 0 aliphatic rings. The third-order valence-electron chi connectivity index (χ3n) is 3.06. The van der Waals surface area contributed by atoms with Crippen LogP contribution in [0.1, 0.15) is 27.4 Å². The highest BCUT2D eigenvalue weighted by Gasteiger charge is 2.23. The van der Waals surface area contributed by atoms with E-state index in [1.807, 2.05) is 25.1 Å².